The minimum atomic E-state index is -0.212. The predicted molar refractivity (Wildman–Crippen MR) is 68.3 cm³/mol. The van der Waals surface area contributed by atoms with E-state index < -0.39 is 0 Å². The first-order chi connectivity index (χ1) is 8.72. The van der Waals surface area contributed by atoms with Crippen molar-refractivity contribution in [2.24, 2.45) is 0 Å². The molecule has 0 aliphatic heterocycles. The summed E-state index contributed by atoms with van der Waals surface area (Å²) in [6.07, 6.45) is 3.66. The van der Waals surface area contributed by atoms with Crippen LogP contribution in [-0.2, 0) is 6.42 Å². The van der Waals surface area contributed by atoms with Crippen LogP contribution in [0.15, 0.2) is 0 Å². The number of aryl methyl sites for hydroxylation is 1. The highest BCUT2D eigenvalue weighted by Crippen LogP contribution is 2.03. The Hall–Kier alpha value is -1.43. The zero-order valence-electron chi connectivity index (χ0n) is 11.1. The van der Waals surface area contributed by atoms with Crippen molar-refractivity contribution >= 4 is 5.91 Å². The van der Waals surface area contributed by atoms with Gasteiger partial charge in [-0.25, -0.2) is 4.98 Å². The summed E-state index contributed by atoms with van der Waals surface area (Å²) in [6.45, 7) is 5.03. The Bertz CT molecular complexity index is 365. The monoisotopic (exact) mass is 254 g/mol. The molecule has 0 aliphatic rings. The molecule has 0 saturated heterocycles. The molecule has 18 heavy (non-hydrogen) atoms. The van der Waals surface area contributed by atoms with Gasteiger partial charge >= 0.3 is 0 Å². The second-order valence-corrected chi connectivity index (χ2v) is 4.23. The summed E-state index contributed by atoms with van der Waals surface area (Å²) in [5.41, 5.74) is 0. The number of carbonyl (C=O) groups excluding carboxylic acids is 1. The van der Waals surface area contributed by atoms with Gasteiger partial charge in [0.25, 0.3) is 5.91 Å². The standard InChI is InChI=1S/C12H22N4O2/c1-3-5-7-16(8-9-17)12(18)11-13-10(6-4-2)14-15-11/h17H,3-9H2,1-2H3,(H,13,14,15). The summed E-state index contributed by atoms with van der Waals surface area (Å²) in [5.74, 6) is 0.722. The van der Waals surface area contributed by atoms with Gasteiger partial charge in [-0.3, -0.25) is 9.89 Å². The largest absolute Gasteiger partial charge is 0.395 e. The molecule has 0 aromatic carbocycles. The summed E-state index contributed by atoms with van der Waals surface area (Å²) < 4.78 is 0. The number of aromatic nitrogens is 3. The molecular formula is C12H22N4O2. The summed E-state index contributed by atoms with van der Waals surface area (Å²) in [4.78, 5) is 17.9. The lowest BCUT2D eigenvalue weighted by atomic mass is 10.3. The third-order valence-electron chi connectivity index (χ3n) is 2.65. The van der Waals surface area contributed by atoms with Crippen molar-refractivity contribution in [1.82, 2.24) is 20.1 Å². The maximum atomic E-state index is 12.1. The third-order valence-corrected chi connectivity index (χ3v) is 2.65. The molecule has 0 bridgehead atoms. The number of unbranched alkanes of at least 4 members (excludes halogenated alkanes) is 1. The maximum absolute atomic E-state index is 12.1. The fraction of sp³-hybridized carbons (Fsp3) is 0.750. The van der Waals surface area contributed by atoms with E-state index in [1.807, 2.05) is 6.92 Å². The molecule has 0 fully saturated rings. The minimum absolute atomic E-state index is 0.0400. The van der Waals surface area contributed by atoms with E-state index in [0.29, 0.717) is 13.1 Å². The van der Waals surface area contributed by atoms with E-state index in [0.717, 1.165) is 31.5 Å². The van der Waals surface area contributed by atoms with Gasteiger partial charge in [-0.15, -0.1) is 5.10 Å². The smallest absolute Gasteiger partial charge is 0.293 e. The number of hydrogen-bond donors (Lipinski definition) is 2. The topological polar surface area (TPSA) is 82.1 Å². The van der Waals surface area contributed by atoms with Gasteiger partial charge in [0.2, 0.25) is 5.82 Å². The first-order valence-electron chi connectivity index (χ1n) is 6.54. The van der Waals surface area contributed by atoms with Crippen molar-refractivity contribution in [3.05, 3.63) is 11.6 Å². The highest BCUT2D eigenvalue weighted by atomic mass is 16.3. The minimum Gasteiger partial charge on any atom is -0.395 e. The van der Waals surface area contributed by atoms with Crippen molar-refractivity contribution in [2.75, 3.05) is 19.7 Å². The first-order valence-corrected chi connectivity index (χ1v) is 6.54. The fourth-order valence-electron chi connectivity index (χ4n) is 1.67. The number of H-pyrrole nitrogens is 1. The van der Waals surface area contributed by atoms with Crippen LogP contribution >= 0.6 is 0 Å². The molecule has 0 aliphatic carbocycles. The van der Waals surface area contributed by atoms with Crippen LogP contribution < -0.4 is 0 Å². The highest BCUT2D eigenvalue weighted by Gasteiger charge is 2.19. The lowest BCUT2D eigenvalue weighted by Crippen LogP contribution is -2.35. The summed E-state index contributed by atoms with van der Waals surface area (Å²) in [7, 11) is 0. The molecule has 1 amide bonds. The third kappa shape index (κ3) is 4.10. The Balaban J connectivity index is 2.67. The molecule has 1 heterocycles. The molecule has 0 saturated carbocycles. The van der Waals surface area contributed by atoms with Crippen LogP contribution in [-0.4, -0.2) is 50.8 Å². The molecule has 0 radical (unpaired) electrons. The molecule has 0 atom stereocenters. The Labute approximate surface area is 107 Å². The van der Waals surface area contributed by atoms with Crippen molar-refractivity contribution in [3.8, 4) is 0 Å². The van der Waals surface area contributed by atoms with Crippen molar-refractivity contribution < 1.29 is 9.90 Å². The van der Waals surface area contributed by atoms with E-state index in [1.165, 1.54) is 0 Å². The summed E-state index contributed by atoms with van der Waals surface area (Å²) in [6, 6.07) is 0. The number of rotatable bonds is 8. The number of nitrogens with one attached hydrogen (secondary N) is 1. The Kier molecular flexibility index (Phi) is 6.35. The zero-order chi connectivity index (χ0) is 13.4. The van der Waals surface area contributed by atoms with Crippen LogP contribution in [0.5, 0.6) is 0 Å². The molecule has 6 heteroatoms. The van der Waals surface area contributed by atoms with E-state index in [4.69, 9.17) is 5.11 Å². The zero-order valence-corrected chi connectivity index (χ0v) is 11.1. The van der Waals surface area contributed by atoms with Crippen LogP contribution in [0.1, 0.15) is 49.6 Å². The number of amides is 1. The van der Waals surface area contributed by atoms with Gasteiger partial charge in [-0.05, 0) is 12.8 Å². The number of nitrogens with zero attached hydrogens (tertiary/aromatic N) is 3. The Morgan fingerprint density at radius 1 is 1.33 bits per heavy atom. The fourth-order valence-corrected chi connectivity index (χ4v) is 1.67. The molecule has 2 N–H and O–H groups in total. The highest BCUT2D eigenvalue weighted by molar-refractivity contribution is 5.90. The average Bonchev–Trinajstić information content (AvgIpc) is 2.83. The van der Waals surface area contributed by atoms with Crippen LogP contribution in [0.3, 0.4) is 0 Å². The average molecular weight is 254 g/mol. The molecule has 0 unspecified atom stereocenters. The maximum Gasteiger partial charge on any atom is 0.293 e. The van der Waals surface area contributed by atoms with Gasteiger partial charge in [0, 0.05) is 19.5 Å². The van der Waals surface area contributed by atoms with Gasteiger partial charge in [0.1, 0.15) is 5.82 Å². The second-order valence-electron chi connectivity index (χ2n) is 4.23. The lowest BCUT2D eigenvalue weighted by Gasteiger charge is -2.19. The van der Waals surface area contributed by atoms with Gasteiger partial charge in [0.15, 0.2) is 0 Å². The molecule has 102 valence electrons. The summed E-state index contributed by atoms with van der Waals surface area (Å²) >= 11 is 0. The van der Waals surface area contributed by atoms with Gasteiger partial charge in [-0.1, -0.05) is 20.3 Å². The lowest BCUT2D eigenvalue weighted by molar-refractivity contribution is 0.0707. The number of aliphatic hydroxyl groups excluding tert-OH is 1. The van der Waals surface area contributed by atoms with E-state index in [2.05, 4.69) is 22.1 Å². The van der Waals surface area contributed by atoms with Crippen LogP contribution in [0, 0.1) is 0 Å². The molecule has 6 nitrogen and oxygen atoms in total. The summed E-state index contributed by atoms with van der Waals surface area (Å²) in [5, 5.41) is 15.7. The van der Waals surface area contributed by atoms with Gasteiger partial charge in [0.05, 0.1) is 6.61 Å². The first kappa shape index (κ1) is 14.6. The van der Waals surface area contributed by atoms with E-state index in [9.17, 15) is 4.79 Å². The predicted octanol–water partition coefficient (Wildman–Crippen LogP) is 0.992. The number of aliphatic hydroxyl groups is 1. The SMILES string of the molecule is CCCCN(CCO)C(=O)c1n[nH]c(CCC)n1. The van der Waals surface area contributed by atoms with Crippen LogP contribution in [0.4, 0.5) is 0 Å². The Morgan fingerprint density at radius 3 is 2.72 bits per heavy atom. The van der Waals surface area contributed by atoms with Crippen LogP contribution in [0.2, 0.25) is 0 Å². The van der Waals surface area contributed by atoms with Crippen LogP contribution in [0.25, 0.3) is 0 Å². The normalized spacial score (nSPS) is 10.6. The second kappa shape index (κ2) is 7.81. The van der Waals surface area contributed by atoms with E-state index in [1.54, 1.807) is 4.90 Å². The molecule has 1 aromatic rings. The Morgan fingerprint density at radius 2 is 2.11 bits per heavy atom. The number of aromatic amines is 1. The van der Waals surface area contributed by atoms with Crippen molar-refractivity contribution in [2.45, 2.75) is 39.5 Å². The van der Waals surface area contributed by atoms with Crippen molar-refractivity contribution in [3.63, 3.8) is 0 Å². The molecular weight excluding hydrogens is 232 g/mol. The van der Waals surface area contributed by atoms with E-state index in [-0.39, 0.29) is 18.3 Å². The van der Waals surface area contributed by atoms with E-state index >= 15 is 0 Å². The quantitative estimate of drug-likeness (QED) is 0.725. The number of hydrogen-bond acceptors (Lipinski definition) is 4. The molecule has 1 rings (SSSR count). The number of carbonyl (C=O) groups is 1. The molecule has 0 spiro atoms. The van der Waals surface area contributed by atoms with Gasteiger partial charge in [-0.2, -0.15) is 0 Å². The van der Waals surface area contributed by atoms with Gasteiger partial charge < -0.3 is 10.0 Å². The van der Waals surface area contributed by atoms with Crippen molar-refractivity contribution in [1.29, 1.82) is 0 Å². The molecule has 1 aromatic heterocycles.